The quantitative estimate of drug-likeness (QED) is 0.836. The number of ether oxygens (including phenoxy) is 1. The minimum atomic E-state index is -0.270. The molecule has 2 saturated heterocycles. The summed E-state index contributed by atoms with van der Waals surface area (Å²) < 4.78 is 5.00. The van der Waals surface area contributed by atoms with E-state index in [0.717, 1.165) is 26.2 Å². The first-order valence-corrected chi connectivity index (χ1v) is 8.96. The maximum absolute atomic E-state index is 12.2. The van der Waals surface area contributed by atoms with Gasteiger partial charge in [0.15, 0.2) is 0 Å². The second-order valence-electron chi connectivity index (χ2n) is 7.43. The van der Waals surface area contributed by atoms with E-state index in [9.17, 15) is 9.90 Å². The van der Waals surface area contributed by atoms with Crippen LogP contribution in [-0.4, -0.2) is 90.3 Å². The van der Waals surface area contributed by atoms with Crippen LogP contribution in [0, 0.1) is 0 Å². The van der Waals surface area contributed by atoms with Gasteiger partial charge in [-0.2, -0.15) is 0 Å². The van der Waals surface area contributed by atoms with Crippen LogP contribution in [0.2, 0.25) is 0 Å². The number of piperazine rings is 2. The number of hydrogen-bond acceptors (Lipinski definition) is 5. The summed E-state index contributed by atoms with van der Waals surface area (Å²) in [7, 11) is 1.55. The van der Waals surface area contributed by atoms with Crippen LogP contribution in [0.25, 0.3) is 0 Å². The van der Waals surface area contributed by atoms with Gasteiger partial charge >= 0.3 is 0 Å². The van der Waals surface area contributed by atoms with Gasteiger partial charge in [0.05, 0.1) is 12.1 Å². The van der Waals surface area contributed by atoms with Gasteiger partial charge in [-0.25, -0.2) is 0 Å². The number of rotatable bonds is 5. The molecule has 0 aromatic heterocycles. The Morgan fingerprint density at radius 3 is 2.72 bits per heavy atom. The Bertz CT molecular complexity index is 583. The summed E-state index contributed by atoms with van der Waals surface area (Å²) in [4.78, 5) is 18.9. The maximum Gasteiger partial charge on any atom is 0.248 e. The summed E-state index contributed by atoms with van der Waals surface area (Å²) >= 11 is 0. The van der Waals surface area contributed by atoms with Gasteiger partial charge in [0, 0.05) is 52.4 Å². The Kier molecular flexibility index (Phi) is 5.74. The molecule has 1 aromatic carbocycles. The van der Waals surface area contributed by atoms with Crippen molar-refractivity contribution in [1.82, 2.24) is 14.7 Å². The second kappa shape index (κ2) is 7.83. The Morgan fingerprint density at radius 2 is 2.04 bits per heavy atom. The predicted molar refractivity (Wildman–Crippen MR) is 96.2 cm³/mol. The van der Waals surface area contributed by atoms with Crippen LogP contribution in [0.1, 0.15) is 12.5 Å². The molecule has 0 bridgehead atoms. The van der Waals surface area contributed by atoms with Crippen LogP contribution in [-0.2, 0) is 16.1 Å². The first kappa shape index (κ1) is 18.3. The van der Waals surface area contributed by atoms with E-state index in [1.54, 1.807) is 7.11 Å². The first-order valence-electron chi connectivity index (χ1n) is 8.96. The second-order valence-corrected chi connectivity index (χ2v) is 7.43. The van der Waals surface area contributed by atoms with E-state index in [-0.39, 0.29) is 30.7 Å². The van der Waals surface area contributed by atoms with E-state index < -0.39 is 0 Å². The van der Waals surface area contributed by atoms with Crippen molar-refractivity contribution in [1.29, 1.82) is 0 Å². The maximum atomic E-state index is 12.2. The van der Waals surface area contributed by atoms with Gasteiger partial charge < -0.3 is 14.7 Å². The van der Waals surface area contributed by atoms with E-state index in [4.69, 9.17) is 4.74 Å². The zero-order valence-corrected chi connectivity index (χ0v) is 15.2. The number of methoxy groups -OCH3 is 1. The predicted octanol–water partition coefficient (Wildman–Crippen LogP) is 0.412. The molecule has 0 aliphatic carbocycles. The molecule has 0 unspecified atom stereocenters. The van der Waals surface area contributed by atoms with Crippen LogP contribution in [0.3, 0.4) is 0 Å². The zero-order valence-electron chi connectivity index (χ0n) is 15.2. The number of aliphatic hydroxyl groups is 1. The third-order valence-electron chi connectivity index (χ3n) is 5.42. The first-order chi connectivity index (χ1) is 12.1. The van der Waals surface area contributed by atoms with E-state index in [1.165, 1.54) is 5.56 Å². The fraction of sp³-hybridized carbons (Fsp3) is 0.632. The molecule has 2 atom stereocenters. The number of carbonyl (C=O) groups is 1. The Hall–Kier alpha value is -1.47. The van der Waals surface area contributed by atoms with Crippen LogP contribution in [0.5, 0.6) is 0 Å². The molecule has 3 rings (SSSR count). The van der Waals surface area contributed by atoms with Gasteiger partial charge in [-0.1, -0.05) is 30.3 Å². The fourth-order valence-corrected chi connectivity index (χ4v) is 4.20. The largest absolute Gasteiger partial charge is 0.394 e. The molecule has 1 amide bonds. The van der Waals surface area contributed by atoms with E-state index in [1.807, 2.05) is 11.0 Å². The molecule has 1 N–H and O–H groups in total. The van der Waals surface area contributed by atoms with Crippen molar-refractivity contribution < 1.29 is 14.6 Å². The van der Waals surface area contributed by atoms with Gasteiger partial charge in [0.2, 0.25) is 5.91 Å². The number of fused-ring (bicyclic) bond motifs is 1. The molecular weight excluding hydrogens is 318 g/mol. The molecule has 0 spiro atoms. The number of benzene rings is 1. The molecule has 1 aromatic rings. The third kappa shape index (κ3) is 4.03. The molecule has 25 heavy (non-hydrogen) atoms. The molecule has 0 radical (unpaired) electrons. The van der Waals surface area contributed by atoms with Crippen molar-refractivity contribution in [3.8, 4) is 0 Å². The number of aliphatic hydroxyl groups excluding tert-OH is 1. The molecule has 2 fully saturated rings. The Balaban J connectivity index is 1.72. The molecule has 2 aliphatic heterocycles. The lowest BCUT2D eigenvalue weighted by Crippen LogP contribution is -2.72. The number of amides is 1. The van der Waals surface area contributed by atoms with Gasteiger partial charge in [-0.05, 0) is 12.5 Å². The normalized spacial score (nSPS) is 28.0. The molecule has 0 saturated carbocycles. The minimum Gasteiger partial charge on any atom is -0.394 e. The van der Waals surface area contributed by atoms with Crippen molar-refractivity contribution in [2.75, 3.05) is 53.0 Å². The highest BCUT2D eigenvalue weighted by Crippen LogP contribution is 2.29. The van der Waals surface area contributed by atoms with E-state index in [0.29, 0.717) is 13.1 Å². The van der Waals surface area contributed by atoms with Gasteiger partial charge in [-0.15, -0.1) is 0 Å². The monoisotopic (exact) mass is 347 g/mol. The standard InChI is InChI=1S/C19H29N3O3/c1-19(15-23)14-20(10-16-6-4-3-5-7-16)11-17-12-21(8-9-22(17)19)18(24)13-25-2/h3-7,17,23H,8-15H2,1-2H3/t17-,19+/m1/s1. The average molecular weight is 347 g/mol. The zero-order chi connectivity index (χ0) is 17.9. The Labute approximate surface area is 150 Å². The van der Waals surface area contributed by atoms with Crippen LogP contribution in [0.15, 0.2) is 30.3 Å². The highest BCUT2D eigenvalue weighted by atomic mass is 16.5. The smallest absolute Gasteiger partial charge is 0.248 e. The molecule has 2 aliphatic rings. The molecule has 138 valence electrons. The van der Waals surface area contributed by atoms with Crippen molar-refractivity contribution >= 4 is 5.91 Å². The van der Waals surface area contributed by atoms with Gasteiger partial charge in [-0.3, -0.25) is 14.6 Å². The number of carbonyl (C=O) groups excluding carboxylic acids is 1. The summed E-state index contributed by atoms with van der Waals surface area (Å²) in [6.07, 6.45) is 0. The van der Waals surface area contributed by atoms with Gasteiger partial charge in [0.25, 0.3) is 0 Å². The summed E-state index contributed by atoms with van der Waals surface area (Å²) in [5, 5.41) is 10.1. The lowest BCUT2D eigenvalue weighted by Gasteiger charge is -2.56. The van der Waals surface area contributed by atoms with Crippen molar-refractivity contribution in [3.05, 3.63) is 35.9 Å². The molecular formula is C19H29N3O3. The topological polar surface area (TPSA) is 56.2 Å². The summed E-state index contributed by atoms with van der Waals surface area (Å²) in [5.41, 5.74) is 1.01. The van der Waals surface area contributed by atoms with Crippen molar-refractivity contribution in [2.45, 2.75) is 25.0 Å². The summed E-state index contributed by atoms with van der Waals surface area (Å²) in [5.74, 6) is 0.0491. The van der Waals surface area contributed by atoms with E-state index >= 15 is 0 Å². The van der Waals surface area contributed by atoms with E-state index in [2.05, 4.69) is 41.0 Å². The molecule has 6 nitrogen and oxygen atoms in total. The average Bonchev–Trinajstić information content (AvgIpc) is 2.62. The van der Waals surface area contributed by atoms with Crippen LogP contribution in [0.4, 0.5) is 0 Å². The number of nitrogens with zero attached hydrogens (tertiary/aromatic N) is 3. The van der Waals surface area contributed by atoms with Crippen molar-refractivity contribution in [3.63, 3.8) is 0 Å². The highest BCUT2D eigenvalue weighted by molar-refractivity contribution is 5.77. The number of hydrogen-bond donors (Lipinski definition) is 1. The molecule has 6 heteroatoms. The lowest BCUT2D eigenvalue weighted by molar-refractivity contribution is -0.145. The minimum absolute atomic E-state index is 0.0491. The highest BCUT2D eigenvalue weighted by Gasteiger charge is 2.45. The van der Waals surface area contributed by atoms with Gasteiger partial charge in [0.1, 0.15) is 6.61 Å². The molecule has 2 heterocycles. The summed E-state index contributed by atoms with van der Waals surface area (Å²) in [6.45, 7) is 7.20. The third-order valence-corrected chi connectivity index (χ3v) is 5.42. The van der Waals surface area contributed by atoms with Crippen LogP contribution >= 0.6 is 0 Å². The lowest BCUT2D eigenvalue weighted by atomic mass is 9.91. The van der Waals surface area contributed by atoms with Crippen molar-refractivity contribution in [2.24, 2.45) is 0 Å². The summed E-state index contributed by atoms with van der Waals surface area (Å²) in [6, 6.07) is 10.7. The van der Waals surface area contributed by atoms with Crippen LogP contribution < -0.4 is 0 Å². The fourth-order valence-electron chi connectivity index (χ4n) is 4.20. The Morgan fingerprint density at radius 1 is 1.28 bits per heavy atom. The SMILES string of the molecule is COCC(=O)N1CCN2[C@H](CN(Cc3ccccc3)C[C@@]2(C)CO)C1.